The Balaban J connectivity index is 1.65. The molecule has 1 aliphatic carbocycles. The normalized spacial score (nSPS) is 20.3. The van der Waals surface area contributed by atoms with E-state index in [0.29, 0.717) is 24.1 Å². The molecule has 2 unspecified atom stereocenters. The summed E-state index contributed by atoms with van der Waals surface area (Å²) >= 11 is 0. The molecule has 0 bridgehead atoms. The molecule has 1 aliphatic rings. The van der Waals surface area contributed by atoms with E-state index < -0.39 is 0 Å². The van der Waals surface area contributed by atoms with Gasteiger partial charge >= 0.3 is 0 Å². The first-order chi connectivity index (χ1) is 10.0. The Morgan fingerprint density at radius 2 is 2.14 bits per heavy atom. The highest BCUT2D eigenvalue weighted by Crippen LogP contribution is 2.47. The maximum atomic E-state index is 12.2. The average Bonchev–Trinajstić information content (AvgIpc) is 3.02. The van der Waals surface area contributed by atoms with Crippen LogP contribution >= 0.6 is 0 Å². The number of aryl methyl sites for hydroxylation is 1. The van der Waals surface area contributed by atoms with Crippen LogP contribution in [0.1, 0.15) is 47.0 Å². The van der Waals surface area contributed by atoms with E-state index in [1.165, 1.54) is 12.6 Å². The molecule has 1 saturated carbocycles. The number of carbonyl (C=O) groups excluding carboxylic acids is 1. The largest absolute Gasteiger partial charge is 0.464 e. The first kappa shape index (κ1) is 13.8. The van der Waals surface area contributed by atoms with Crippen molar-refractivity contribution in [2.45, 2.75) is 32.7 Å². The first-order valence-corrected chi connectivity index (χ1v) is 7.17. The Morgan fingerprint density at radius 1 is 1.38 bits per heavy atom. The summed E-state index contributed by atoms with van der Waals surface area (Å²) < 4.78 is 5.82. The molecule has 0 N–H and O–H groups in total. The van der Waals surface area contributed by atoms with E-state index >= 15 is 0 Å². The van der Waals surface area contributed by atoms with Gasteiger partial charge in [0.2, 0.25) is 0 Å². The van der Waals surface area contributed by atoms with Crippen molar-refractivity contribution in [2.75, 3.05) is 7.05 Å². The molecule has 3 rings (SSSR count). The van der Waals surface area contributed by atoms with E-state index in [1.807, 2.05) is 19.1 Å². The van der Waals surface area contributed by atoms with E-state index in [2.05, 4.69) is 16.9 Å². The minimum Gasteiger partial charge on any atom is -0.464 e. The standard InChI is InChI=1S/C16H19N3O2/c1-10-6-13(10)15-5-4-12(21-15)9-19(3)16(20)14-8-17-11(2)7-18-14/h4-5,7-8,10,13H,6,9H2,1-3H3. The summed E-state index contributed by atoms with van der Waals surface area (Å²) in [7, 11) is 1.74. The lowest BCUT2D eigenvalue weighted by Gasteiger charge is -2.14. The molecule has 0 saturated heterocycles. The van der Waals surface area contributed by atoms with Crippen LogP contribution in [0.3, 0.4) is 0 Å². The van der Waals surface area contributed by atoms with Gasteiger partial charge in [0.25, 0.3) is 5.91 Å². The minimum atomic E-state index is -0.153. The number of nitrogens with zero attached hydrogens (tertiary/aromatic N) is 3. The van der Waals surface area contributed by atoms with Crippen molar-refractivity contribution in [2.24, 2.45) is 5.92 Å². The van der Waals surface area contributed by atoms with E-state index in [0.717, 1.165) is 17.2 Å². The lowest BCUT2D eigenvalue weighted by Crippen LogP contribution is -2.27. The van der Waals surface area contributed by atoms with Crippen LogP contribution in [0.2, 0.25) is 0 Å². The maximum Gasteiger partial charge on any atom is 0.274 e. The lowest BCUT2D eigenvalue weighted by molar-refractivity contribution is 0.0768. The Labute approximate surface area is 124 Å². The highest BCUT2D eigenvalue weighted by Gasteiger charge is 2.36. The summed E-state index contributed by atoms with van der Waals surface area (Å²) in [5.74, 6) is 2.96. The minimum absolute atomic E-state index is 0.153. The van der Waals surface area contributed by atoms with Gasteiger partial charge in [0.15, 0.2) is 0 Å². The van der Waals surface area contributed by atoms with Crippen molar-refractivity contribution < 1.29 is 9.21 Å². The molecule has 0 aliphatic heterocycles. The van der Waals surface area contributed by atoms with Crippen LogP contribution in [0.5, 0.6) is 0 Å². The second-order valence-corrected chi connectivity index (χ2v) is 5.83. The van der Waals surface area contributed by atoms with Crippen LogP contribution in [0.15, 0.2) is 28.9 Å². The van der Waals surface area contributed by atoms with E-state index in [-0.39, 0.29) is 5.91 Å². The Hall–Kier alpha value is -2.17. The van der Waals surface area contributed by atoms with Gasteiger partial charge in [-0.15, -0.1) is 0 Å². The summed E-state index contributed by atoms with van der Waals surface area (Å²) in [5.41, 5.74) is 1.15. The third-order valence-corrected chi connectivity index (χ3v) is 3.90. The third kappa shape index (κ3) is 2.96. The molecule has 5 nitrogen and oxygen atoms in total. The van der Waals surface area contributed by atoms with Gasteiger partial charge in [-0.1, -0.05) is 6.92 Å². The molecule has 1 fully saturated rings. The molecule has 2 atom stereocenters. The predicted octanol–water partition coefficient (Wildman–Crippen LogP) is 2.77. The van der Waals surface area contributed by atoms with Gasteiger partial charge in [0, 0.05) is 19.2 Å². The second-order valence-electron chi connectivity index (χ2n) is 5.83. The van der Waals surface area contributed by atoms with Crippen molar-refractivity contribution in [3.63, 3.8) is 0 Å². The van der Waals surface area contributed by atoms with Gasteiger partial charge in [-0.2, -0.15) is 0 Å². The molecule has 110 valence electrons. The van der Waals surface area contributed by atoms with Crippen LogP contribution < -0.4 is 0 Å². The second kappa shape index (κ2) is 5.31. The molecule has 0 spiro atoms. The Kier molecular flexibility index (Phi) is 3.49. The number of hydrogen-bond donors (Lipinski definition) is 0. The van der Waals surface area contributed by atoms with Crippen molar-refractivity contribution in [3.8, 4) is 0 Å². The topological polar surface area (TPSA) is 59.2 Å². The molecule has 5 heteroatoms. The smallest absolute Gasteiger partial charge is 0.274 e. The molecular formula is C16H19N3O2. The number of furan rings is 1. The van der Waals surface area contributed by atoms with Gasteiger partial charge in [-0.05, 0) is 31.4 Å². The van der Waals surface area contributed by atoms with E-state index in [4.69, 9.17) is 4.42 Å². The van der Waals surface area contributed by atoms with Crippen molar-refractivity contribution in [3.05, 3.63) is 47.4 Å². The average molecular weight is 285 g/mol. The highest BCUT2D eigenvalue weighted by molar-refractivity contribution is 5.91. The zero-order chi connectivity index (χ0) is 15.0. The maximum absolute atomic E-state index is 12.2. The third-order valence-electron chi connectivity index (χ3n) is 3.90. The zero-order valence-electron chi connectivity index (χ0n) is 12.5. The number of rotatable bonds is 4. The zero-order valence-corrected chi connectivity index (χ0v) is 12.5. The molecule has 21 heavy (non-hydrogen) atoms. The fourth-order valence-electron chi connectivity index (χ4n) is 2.40. The number of amides is 1. The monoisotopic (exact) mass is 285 g/mol. The van der Waals surface area contributed by atoms with Crippen molar-refractivity contribution in [1.82, 2.24) is 14.9 Å². The van der Waals surface area contributed by atoms with Gasteiger partial charge in [0.1, 0.15) is 17.2 Å². The Bertz CT molecular complexity index is 648. The fraction of sp³-hybridized carbons (Fsp3) is 0.438. The fourth-order valence-corrected chi connectivity index (χ4v) is 2.40. The van der Waals surface area contributed by atoms with E-state index in [1.54, 1.807) is 18.1 Å². The summed E-state index contributed by atoms with van der Waals surface area (Å²) in [6.45, 7) is 4.50. The van der Waals surface area contributed by atoms with Crippen LogP contribution in [0.25, 0.3) is 0 Å². The van der Waals surface area contributed by atoms with Crippen LogP contribution in [-0.4, -0.2) is 27.8 Å². The van der Waals surface area contributed by atoms with Crippen molar-refractivity contribution in [1.29, 1.82) is 0 Å². The molecule has 0 radical (unpaired) electrons. The van der Waals surface area contributed by atoms with Crippen LogP contribution in [0.4, 0.5) is 0 Å². The van der Waals surface area contributed by atoms with Gasteiger partial charge in [-0.25, -0.2) is 4.98 Å². The molecule has 0 aromatic carbocycles. The molecule has 2 aromatic heterocycles. The Morgan fingerprint density at radius 3 is 2.76 bits per heavy atom. The van der Waals surface area contributed by atoms with Crippen LogP contribution in [-0.2, 0) is 6.54 Å². The summed E-state index contributed by atoms with van der Waals surface area (Å²) in [5, 5.41) is 0. The molecule has 2 heterocycles. The SMILES string of the molecule is Cc1cnc(C(=O)N(C)Cc2ccc(C3CC3C)o2)cn1. The van der Waals surface area contributed by atoms with Gasteiger partial charge < -0.3 is 9.32 Å². The number of hydrogen-bond acceptors (Lipinski definition) is 4. The van der Waals surface area contributed by atoms with Gasteiger partial charge in [-0.3, -0.25) is 9.78 Å². The van der Waals surface area contributed by atoms with E-state index in [9.17, 15) is 4.79 Å². The predicted molar refractivity (Wildman–Crippen MR) is 77.8 cm³/mol. The molecule has 2 aromatic rings. The number of aromatic nitrogens is 2. The highest BCUT2D eigenvalue weighted by atomic mass is 16.3. The summed E-state index contributed by atoms with van der Waals surface area (Å²) in [6, 6.07) is 3.97. The lowest BCUT2D eigenvalue weighted by atomic mass is 10.3. The summed E-state index contributed by atoms with van der Waals surface area (Å²) in [6.07, 6.45) is 4.30. The quantitative estimate of drug-likeness (QED) is 0.866. The van der Waals surface area contributed by atoms with Gasteiger partial charge in [0.05, 0.1) is 18.4 Å². The first-order valence-electron chi connectivity index (χ1n) is 7.17. The van der Waals surface area contributed by atoms with Crippen LogP contribution in [0, 0.1) is 12.8 Å². The number of carbonyl (C=O) groups is 1. The van der Waals surface area contributed by atoms with Crippen molar-refractivity contribution >= 4 is 5.91 Å². The summed E-state index contributed by atoms with van der Waals surface area (Å²) in [4.78, 5) is 22.1. The molecule has 1 amide bonds. The molecular weight excluding hydrogens is 266 g/mol.